The molecule has 34 heavy (non-hydrogen) atoms. The number of aromatic hydroxyl groups is 1. The van der Waals surface area contributed by atoms with Crippen LogP contribution in [0, 0.1) is 0 Å². The number of ether oxygens (including phenoxy) is 3. The van der Waals surface area contributed by atoms with Crippen LogP contribution >= 0.6 is 15.9 Å². The lowest BCUT2D eigenvalue weighted by molar-refractivity contribution is -0.140. The van der Waals surface area contributed by atoms with Crippen LogP contribution in [0.15, 0.2) is 40.4 Å². The van der Waals surface area contributed by atoms with Gasteiger partial charge in [-0.3, -0.25) is 9.59 Å². The third kappa shape index (κ3) is 4.25. The Morgan fingerprint density at radius 1 is 1.24 bits per heavy atom. The molecule has 4 rings (SSSR count). The third-order valence-corrected chi connectivity index (χ3v) is 6.65. The minimum Gasteiger partial charge on any atom is -0.507 e. The van der Waals surface area contributed by atoms with Crippen LogP contribution in [0.5, 0.6) is 17.2 Å². The zero-order valence-corrected chi connectivity index (χ0v) is 20.7. The minimum absolute atomic E-state index is 0.0195. The Kier molecular flexibility index (Phi) is 6.86. The van der Waals surface area contributed by atoms with Gasteiger partial charge < -0.3 is 29.3 Å². The summed E-state index contributed by atoms with van der Waals surface area (Å²) >= 11 is 3.31. The Labute approximate surface area is 205 Å². The molecule has 0 radical (unpaired) electrons. The van der Waals surface area contributed by atoms with Crippen molar-refractivity contribution in [1.29, 1.82) is 0 Å². The molecule has 2 heterocycles. The van der Waals surface area contributed by atoms with Gasteiger partial charge in [-0.05, 0) is 70.7 Å². The number of aliphatic hydroxyl groups is 1. The largest absolute Gasteiger partial charge is 0.507 e. The summed E-state index contributed by atoms with van der Waals surface area (Å²) in [5, 5.41) is 21.6. The summed E-state index contributed by atoms with van der Waals surface area (Å²) in [6, 6.07) is 7.53. The van der Waals surface area contributed by atoms with Gasteiger partial charge in [-0.2, -0.15) is 0 Å². The number of rotatable bonds is 7. The normalized spacial score (nSPS) is 21.0. The average molecular weight is 532 g/mol. The number of hydrogen-bond acceptors (Lipinski definition) is 7. The van der Waals surface area contributed by atoms with Crippen molar-refractivity contribution in [2.24, 2.45) is 0 Å². The SMILES string of the molecule is COCCCN1C(=O)C(=O)C(=C(O)c2ccc3c(c2)CC(C)O3)C1c1cc(Br)c(O)c(OC)c1. The first-order valence-electron chi connectivity index (χ1n) is 10.9. The molecule has 8 nitrogen and oxygen atoms in total. The van der Waals surface area contributed by atoms with Crippen molar-refractivity contribution in [2.45, 2.75) is 31.9 Å². The number of methoxy groups -OCH3 is 2. The van der Waals surface area contributed by atoms with Crippen molar-refractivity contribution in [3.63, 3.8) is 0 Å². The predicted molar refractivity (Wildman–Crippen MR) is 128 cm³/mol. The van der Waals surface area contributed by atoms with Gasteiger partial charge in [-0.15, -0.1) is 0 Å². The van der Waals surface area contributed by atoms with Gasteiger partial charge in [0, 0.05) is 32.2 Å². The predicted octanol–water partition coefficient (Wildman–Crippen LogP) is 3.94. The molecular weight excluding hydrogens is 506 g/mol. The maximum Gasteiger partial charge on any atom is 0.295 e. The van der Waals surface area contributed by atoms with Crippen molar-refractivity contribution < 1.29 is 34.0 Å². The number of benzene rings is 2. The Morgan fingerprint density at radius 2 is 2.00 bits per heavy atom. The zero-order chi connectivity index (χ0) is 24.6. The van der Waals surface area contributed by atoms with Crippen LogP contribution in [0.1, 0.15) is 36.1 Å². The molecule has 2 aromatic carbocycles. The van der Waals surface area contributed by atoms with Crippen molar-refractivity contribution in [3.05, 3.63) is 57.1 Å². The van der Waals surface area contributed by atoms with Gasteiger partial charge >= 0.3 is 0 Å². The standard InChI is InChI=1S/C25H26BrNO7/c1-13-9-15-10-14(5-6-18(15)34-13)22(28)20-21(16-11-17(26)23(29)19(12-16)33-3)27(7-4-8-32-2)25(31)24(20)30/h5-6,10-13,21,28-29H,4,7-9H2,1-3H3. The third-order valence-electron chi connectivity index (χ3n) is 6.04. The highest BCUT2D eigenvalue weighted by Gasteiger charge is 2.46. The van der Waals surface area contributed by atoms with Crippen molar-refractivity contribution in [1.82, 2.24) is 4.90 Å². The molecule has 0 aromatic heterocycles. The number of carbonyl (C=O) groups excluding carboxylic acids is 2. The lowest BCUT2D eigenvalue weighted by atomic mass is 9.94. The number of fused-ring (bicyclic) bond motifs is 1. The number of phenols is 1. The number of amides is 1. The number of Topliss-reactive ketones (excluding diaryl/α,β-unsaturated/α-hetero) is 1. The fourth-order valence-electron chi connectivity index (χ4n) is 4.47. The van der Waals surface area contributed by atoms with E-state index in [0.717, 1.165) is 11.3 Å². The Balaban J connectivity index is 1.86. The lowest BCUT2D eigenvalue weighted by Gasteiger charge is -2.26. The van der Waals surface area contributed by atoms with E-state index in [4.69, 9.17) is 14.2 Å². The first kappa shape index (κ1) is 24.1. The summed E-state index contributed by atoms with van der Waals surface area (Å²) in [6.45, 7) is 2.61. The summed E-state index contributed by atoms with van der Waals surface area (Å²) in [7, 11) is 2.97. The van der Waals surface area contributed by atoms with Crippen LogP contribution in [0.4, 0.5) is 0 Å². The number of halogens is 1. The van der Waals surface area contributed by atoms with Crippen LogP contribution in [-0.2, 0) is 20.7 Å². The van der Waals surface area contributed by atoms with Gasteiger partial charge in [0.1, 0.15) is 17.6 Å². The molecule has 1 amide bonds. The zero-order valence-electron chi connectivity index (χ0n) is 19.1. The second-order valence-electron chi connectivity index (χ2n) is 8.35. The summed E-state index contributed by atoms with van der Waals surface area (Å²) in [4.78, 5) is 27.6. The highest BCUT2D eigenvalue weighted by Crippen LogP contribution is 2.44. The van der Waals surface area contributed by atoms with E-state index in [9.17, 15) is 19.8 Å². The molecule has 1 saturated heterocycles. The first-order chi connectivity index (χ1) is 16.3. The van der Waals surface area contributed by atoms with Crippen LogP contribution in [0.2, 0.25) is 0 Å². The van der Waals surface area contributed by atoms with Gasteiger partial charge in [0.2, 0.25) is 0 Å². The van der Waals surface area contributed by atoms with E-state index < -0.39 is 17.7 Å². The van der Waals surface area contributed by atoms with E-state index in [1.165, 1.54) is 12.0 Å². The summed E-state index contributed by atoms with van der Waals surface area (Å²) in [6.07, 6.45) is 1.22. The second kappa shape index (κ2) is 9.68. The van der Waals surface area contributed by atoms with Gasteiger partial charge in [0.25, 0.3) is 11.7 Å². The number of nitrogens with zero attached hydrogens (tertiary/aromatic N) is 1. The van der Waals surface area contributed by atoms with Crippen LogP contribution in [0.3, 0.4) is 0 Å². The molecule has 2 aromatic rings. The molecular formula is C25H26BrNO7. The van der Waals surface area contributed by atoms with Crippen LogP contribution in [-0.4, -0.2) is 60.3 Å². The molecule has 2 aliphatic heterocycles. The monoisotopic (exact) mass is 531 g/mol. The molecule has 2 N–H and O–H groups in total. The summed E-state index contributed by atoms with van der Waals surface area (Å²) in [5.74, 6) is -0.918. The number of phenolic OH excluding ortho intramolecular Hbond substituents is 1. The smallest absolute Gasteiger partial charge is 0.295 e. The molecule has 9 heteroatoms. The topological polar surface area (TPSA) is 106 Å². The Hall–Kier alpha value is -3.04. The molecule has 0 aliphatic carbocycles. The number of aliphatic hydroxyl groups excluding tert-OH is 1. The lowest BCUT2D eigenvalue weighted by Crippen LogP contribution is -2.31. The quantitative estimate of drug-likeness (QED) is 0.241. The molecule has 2 unspecified atom stereocenters. The van der Waals surface area contributed by atoms with Gasteiger partial charge in [0.15, 0.2) is 11.5 Å². The Morgan fingerprint density at radius 3 is 2.71 bits per heavy atom. The van der Waals surface area contributed by atoms with E-state index in [1.807, 2.05) is 6.92 Å². The van der Waals surface area contributed by atoms with Gasteiger partial charge in [-0.1, -0.05) is 0 Å². The van der Waals surface area contributed by atoms with E-state index in [2.05, 4.69) is 15.9 Å². The fraction of sp³-hybridized carbons (Fsp3) is 0.360. The molecule has 0 spiro atoms. The van der Waals surface area contributed by atoms with Crippen LogP contribution in [0.25, 0.3) is 5.76 Å². The average Bonchev–Trinajstić information content (AvgIpc) is 3.31. The highest BCUT2D eigenvalue weighted by molar-refractivity contribution is 9.10. The van der Waals surface area contributed by atoms with E-state index in [1.54, 1.807) is 37.4 Å². The minimum atomic E-state index is -0.869. The van der Waals surface area contributed by atoms with Crippen molar-refractivity contribution >= 4 is 33.4 Å². The summed E-state index contributed by atoms with van der Waals surface area (Å²) < 4.78 is 16.5. The molecule has 180 valence electrons. The number of likely N-dealkylation sites (tertiary alicyclic amines) is 1. The maximum atomic E-state index is 13.2. The number of carbonyl (C=O) groups is 2. The molecule has 0 saturated carbocycles. The number of hydrogen-bond donors (Lipinski definition) is 2. The molecule has 0 bridgehead atoms. The second-order valence-corrected chi connectivity index (χ2v) is 9.20. The molecule has 2 atom stereocenters. The number of ketones is 1. The Bertz CT molecular complexity index is 1180. The first-order valence-corrected chi connectivity index (χ1v) is 11.7. The van der Waals surface area contributed by atoms with Crippen LogP contribution < -0.4 is 9.47 Å². The summed E-state index contributed by atoms with van der Waals surface area (Å²) in [5.41, 5.74) is 1.85. The van der Waals surface area contributed by atoms with E-state index in [-0.39, 0.29) is 35.5 Å². The van der Waals surface area contributed by atoms with Crippen molar-refractivity contribution in [2.75, 3.05) is 27.4 Å². The maximum absolute atomic E-state index is 13.2. The van der Waals surface area contributed by atoms with E-state index >= 15 is 0 Å². The highest BCUT2D eigenvalue weighted by atomic mass is 79.9. The van der Waals surface area contributed by atoms with Gasteiger partial charge in [0.05, 0.1) is 23.2 Å². The molecule has 2 aliphatic rings. The van der Waals surface area contributed by atoms with E-state index in [0.29, 0.717) is 35.0 Å². The fourth-order valence-corrected chi connectivity index (χ4v) is 4.93. The molecule has 1 fully saturated rings. The van der Waals surface area contributed by atoms with Crippen molar-refractivity contribution in [3.8, 4) is 17.2 Å². The van der Waals surface area contributed by atoms with Gasteiger partial charge in [-0.25, -0.2) is 0 Å².